The second-order valence-electron chi connectivity index (χ2n) is 2.54. The third-order valence-electron chi connectivity index (χ3n) is 1.77. The van der Waals surface area contributed by atoms with Crippen LogP contribution < -0.4 is 3.07 Å². The Labute approximate surface area is 90.4 Å². The number of para-hydroxylation sites is 1. The van der Waals surface area contributed by atoms with Crippen LogP contribution in [0.2, 0.25) is 0 Å². The summed E-state index contributed by atoms with van der Waals surface area (Å²) in [7, 11) is 5.68. The minimum atomic E-state index is -1.34. The Morgan fingerprint density at radius 1 is 1.23 bits per heavy atom. The quantitative estimate of drug-likeness (QED) is 0.793. The molecule has 2 aromatic rings. The molecule has 1 heterocycles. The van der Waals surface area contributed by atoms with Gasteiger partial charge in [-0.05, 0) is 0 Å². The van der Waals surface area contributed by atoms with E-state index < -0.39 is 20.4 Å². The molecule has 1 radical (unpaired) electrons. The Morgan fingerprint density at radius 3 is 2.92 bits per heavy atom. The van der Waals surface area contributed by atoms with Crippen molar-refractivity contribution in [3.8, 4) is 5.75 Å². The number of hydrogen-bond acceptors (Lipinski definition) is 2. The van der Waals surface area contributed by atoms with Crippen molar-refractivity contribution in [2.24, 2.45) is 0 Å². The van der Waals surface area contributed by atoms with Gasteiger partial charge in [0.25, 0.3) is 0 Å². The predicted octanol–water partition coefficient (Wildman–Crippen LogP) is 2.12. The summed E-state index contributed by atoms with van der Waals surface area (Å²) >= 11 is -1.34. The number of hydrogen-bond donors (Lipinski definition) is 0. The van der Waals surface area contributed by atoms with Gasteiger partial charge in [0.05, 0.1) is 0 Å². The second kappa shape index (κ2) is 4.15. The van der Waals surface area contributed by atoms with E-state index in [0.29, 0.717) is 0 Å². The molecule has 0 amide bonds. The van der Waals surface area contributed by atoms with Crippen molar-refractivity contribution in [3.63, 3.8) is 0 Å². The van der Waals surface area contributed by atoms with Gasteiger partial charge in [-0.2, -0.15) is 0 Å². The summed E-state index contributed by atoms with van der Waals surface area (Å²) in [6.07, 6.45) is 1.76. The third-order valence-corrected chi connectivity index (χ3v) is 3.34. The Kier molecular flexibility index (Phi) is 2.90. The van der Waals surface area contributed by atoms with E-state index in [1.165, 1.54) is 0 Å². The molecule has 1 aromatic heterocycles. The predicted molar refractivity (Wildman–Crippen MR) is 55.4 cm³/mol. The van der Waals surface area contributed by atoms with Crippen LogP contribution in [-0.2, 0) is 0 Å². The van der Waals surface area contributed by atoms with E-state index in [2.05, 4.69) is 4.98 Å². The van der Waals surface area contributed by atoms with Crippen LogP contribution in [-0.4, -0.2) is 25.4 Å². The minimum absolute atomic E-state index is 0.814. The van der Waals surface area contributed by atoms with Crippen LogP contribution in [0.4, 0.5) is 0 Å². The molecule has 0 N–H and O–H groups in total. The van der Waals surface area contributed by atoms with Crippen molar-refractivity contribution in [1.82, 2.24) is 4.98 Å². The SMILES string of the molecule is [Cl][SnH][O]c1cccc2cccnc12. The summed E-state index contributed by atoms with van der Waals surface area (Å²) in [5, 5.41) is 1.09. The van der Waals surface area contributed by atoms with Crippen molar-refractivity contribution < 1.29 is 3.07 Å². The standard InChI is InChI=1S/C9H7NO.ClH.Sn.H/c11-8-5-1-3-7-4-2-6-10-9(7)8;;;/h1-6,11H;1H;;/q;;+2;/p-2. The molecule has 2 nitrogen and oxygen atoms in total. The van der Waals surface area contributed by atoms with Gasteiger partial charge in [-0.1, -0.05) is 0 Å². The fraction of sp³-hybridized carbons (Fsp3) is 0. The zero-order chi connectivity index (χ0) is 9.10. The molecule has 0 saturated heterocycles. The Morgan fingerprint density at radius 2 is 2.08 bits per heavy atom. The molecule has 2 rings (SSSR count). The molecular formula is C9H7ClNOSn. The molecule has 0 atom stereocenters. The first-order valence-electron chi connectivity index (χ1n) is 3.84. The van der Waals surface area contributed by atoms with E-state index >= 15 is 0 Å². The van der Waals surface area contributed by atoms with Crippen LogP contribution in [0, 0.1) is 0 Å². The Balaban J connectivity index is 2.61. The summed E-state index contributed by atoms with van der Waals surface area (Å²) in [6, 6.07) is 9.79. The molecule has 0 fully saturated rings. The van der Waals surface area contributed by atoms with Gasteiger partial charge in [-0.15, -0.1) is 0 Å². The Hall–Kier alpha value is -0.481. The van der Waals surface area contributed by atoms with Gasteiger partial charge in [0.1, 0.15) is 0 Å². The maximum absolute atomic E-state index is 5.68. The van der Waals surface area contributed by atoms with Crippen molar-refractivity contribution in [1.29, 1.82) is 0 Å². The number of benzene rings is 1. The van der Waals surface area contributed by atoms with Crippen molar-refractivity contribution in [2.45, 2.75) is 0 Å². The molecule has 0 saturated carbocycles. The molecular weight excluding hydrogens is 292 g/mol. The average molecular weight is 299 g/mol. The normalized spacial score (nSPS) is 10.2. The zero-order valence-electron chi connectivity index (χ0n) is 6.77. The summed E-state index contributed by atoms with van der Waals surface area (Å²) in [5.74, 6) is 0.814. The van der Waals surface area contributed by atoms with E-state index in [1.54, 1.807) is 6.20 Å². The van der Waals surface area contributed by atoms with E-state index in [-0.39, 0.29) is 0 Å². The molecule has 0 aliphatic heterocycles. The molecule has 0 spiro atoms. The number of aromatic nitrogens is 1. The van der Waals surface area contributed by atoms with Gasteiger partial charge in [0.2, 0.25) is 0 Å². The molecule has 0 aliphatic carbocycles. The molecule has 65 valence electrons. The van der Waals surface area contributed by atoms with Crippen LogP contribution in [0.5, 0.6) is 5.75 Å². The van der Waals surface area contributed by atoms with Crippen molar-refractivity contribution >= 4 is 40.3 Å². The van der Waals surface area contributed by atoms with Gasteiger partial charge >= 0.3 is 90.6 Å². The van der Waals surface area contributed by atoms with Gasteiger partial charge in [-0.25, -0.2) is 0 Å². The molecule has 0 unspecified atom stereocenters. The summed E-state index contributed by atoms with van der Waals surface area (Å²) < 4.78 is 5.41. The first-order valence-corrected chi connectivity index (χ1v) is 9.36. The topological polar surface area (TPSA) is 22.1 Å². The molecule has 0 aliphatic rings. The van der Waals surface area contributed by atoms with Gasteiger partial charge in [-0.3, -0.25) is 0 Å². The van der Waals surface area contributed by atoms with Gasteiger partial charge in [0.15, 0.2) is 0 Å². The van der Waals surface area contributed by atoms with Crippen molar-refractivity contribution in [2.75, 3.05) is 0 Å². The summed E-state index contributed by atoms with van der Waals surface area (Å²) in [4.78, 5) is 4.25. The first-order chi connectivity index (χ1) is 6.42. The van der Waals surface area contributed by atoms with E-state index in [4.69, 9.17) is 12.0 Å². The average Bonchev–Trinajstić information content (AvgIpc) is 2.19. The first kappa shape index (κ1) is 9.09. The molecule has 13 heavy (non-hydrogen) atoms. The van der Waals surface area contributed by atoms with Gasteiger partial charge < -0.3 is 0 Å². The second-order valence-corrected chi connectivity index (χ2v) is 4.91. The molecule has 4 heteroatoms. The molecule has 0 bridgehead atoms. The number of halogens is 1. The Bertz CT molecular complexity index is 416. The van der Waals surface area contributed by atoms with E-state index in [0.717, 1.165) is 16.7 Å². The van der Waals surface area contributed by atoms with Gasteiger partial charge in [0, 0.05) is 0 Å². The fourth-order valence-corrected chi connectivity index (χ4v) is 2.68. The van der Waals surface area contributed by atoms with Crippen LogP contribution >= 0.6 is 8.92 Å². The summed E-state index contributed by atoms with van der Waals surface area (Å²) in [5.41, 5.74) is 0.900. The van der Waals surface area contributed by atoms with E-state index in [1.807, 2.05) is 30.3 Å². The maximum atomic E-state index is 5.68. The fourth-order valence-electron chi connectivity index (χ4n) is 1.22. The van der Waals surface area contributed by atoms with Crippen LogP contribution in [0.3, 0.4) is 0 Å². The van der Waals surface area contributed by atoms with Crippen molar-refractivity contribution in [3.05, 3.63) is 36.5 Å². The number of fused-ring (bicyclic) bond motifs is 1. The van der Waals surface area contributed by atoms with Crippen LogP contribution in [0.25, 0.3) is 10.9 Å². The van der Waals surface area contributed by atoms with E-state index in [9.17, 15) is 0 Å². The monoisotopic (exact) mass is 300 g/mol. The number of rotatable bonds is 2. The van der Waals surface area contributed by atoms with Crippen LogP contribution in [0.1, 0.15) is 0 Å². The molecule has 1 aromatic carbocycles. The summed E-state index contributed by atoms with van der Waals surface area (Å²) in [6.45, 7) is 0. The third kappa shape index (κ3) is 1.89. The zero-order valence-corrected chi connectivity index (χ0v) is 10.8. The number of nitrogens with zero attached hydrogens (tertiary/aromatic N) is 1. The van der Waals surface area contributed by atoms with Crippen LogP contribution in [0.15, 0.2) is 36.5 Å². The number of pyridine rings is 1.